The monoisotopic (exact) mass is 500 g/mol. The van der Waals surface area contributed by atoms with Gasteiger partial charge in [-0.1, -0.05) is 32.9 Å². The van der Waals surface area contributed by atoms with Gasteiger partial charge in [-0.05, 0) is 42.7 Å². The van der Waals surface area contributed by atoms with Crippen molar-refractivity contribution in [3.63, 3.8) is 0 Å². The largest absolute Gasteiger partial charge is 0.383 e. The van der Waals surface area contributed by atoms with Crippen molar-refractivity contribution in [1.82, 2.24) is 14.9 Å². The number of carbonyl (C=O) groups is 1. The highest BCUT2D eigenvalue weighted by Crippen LogP contribution is 2.30. The summed E-state index contributed by atoms with van der Waals surface area (Å²) >= 11 is 0. The maximum Gasteiger partial charge on any atom is 0.166 e. The second kappa shape index (κ2) is 11.5. The molecule has 7 nitrogen and oxygen atoms in total. The van der Waals surface area contributed by atoms with E-state index in [0.29, 0.717) is 53.2 Å². The van der Waals surface area contributed by atoms with Gasteiger partial charge in [0.15, 0.2) is 5.78 Å². The Balaban J connectivity index is 1.45. The minimum absolute atomic E-state index is 0.0253. The number of nitriles is 1. The molecular formula is C29H33FN6O. The molecule has 0 aliphatic carbocycles. The predicted octanol–water partition coefficient (Wildman–Crippen LogP) is 4.85. The van der Waals surface area contributed by atoms with E-state index in [2.05, 4.69) is 25.8 Å². The fourth-order valence-electron chi connectivity index (χ4n) is 4.65. The number of rotatable bonds is 8. The van der Waals surface area contributed by atoms with Crippen molar-refractivity contribution in [3.05, 3.63) is 70.7 Å². The van der Waals surface area contributed by atoms with Crippen LogP contribution in [0.25, 0.3) is 11.3 Å². The maximum absolute atomic E-state index is 15.5. The highest BCUT2D eigenvalue weighted by molar-refractivity contribution is 5.99. The first-order chi connectivity index (χ1) is 17.9. The number of hydrogen-bond acceptors (Lipinski definition) is 7. The molecule has 1 fully saturated rings. The Hall–Kier alpha value is -3.83. The lowest BCUT2D eigenvalue weighted by atomic mass is 9.90. The van der Waals surface area contributed by atoms with E-state index in [4.69, 9.17) is 11.0 Å². The van der Waals surface area contributed by atoms with Crippen molar-refractivity contribution < 1.29 is 9.18 Å². The Morgan fingerprint density at radius 3 is 2.49 bits per heavy atom. The van der Waals surface area contributed by atoms with Crippen LogP contribution in [0.1, 0.15) is 54.2 Å². The number of Topliss-reactive ketones (excluding diaryl/α,β-unsaturated/α-hetero) is 1. The summed E-state index contributed by atoms with van der Waals surface area (Å²) in [5.41, 5.74) is 9.48. The fraction of sp³-hybridized carbons (Fsp3) is 0.379. The lowest BCUT2D eigenvalue weighted by Crippen LogP contribution is -2.46. The van der Waals surface area contributed by atoms with Crippen LogP contribution in [0.3, 0.4) is 0 Å². The molecule has 1 aromatic carbocycles. The predicted molar refractivity (Wildman–Crippen MR) is 144 cm³/mol. The van der Waals surface area contributed by atoms with Gasteiger partial charge in [-0.25, -0.2) is 14.4 Å². The average molecular weight is 501 g/mol. The molecule has 0 saturated carbocycles. The van der Waals surface area contributed by atoms with Crippen molar-refractivity contribution >= 4 is 17.4 Å². The van der Waals surface area contributed by atoms with Gasteiger partial charge in [0.2, 0.25) is 0 Å². The van der Waals surface area contributed by atoms with E-state index in [0.717, 1.165) is 37.6 Å². The SMILES string of the molecule is CCc1c(C(=O)C(C)CC)ccc(-c2ccc(CN3CCN(c4ccc(C#N)cn4)CC3)c(N)n2)c1F. The minimum Gasteiger partial charge on any atom is -0.383 e. The van der Waals surface area contributed by atoms with E-state index in [1.54, 1.807) is 30.5 Å². The van der Waals surface area contributed by atoms with Crippen LogP contribution in [0, 0.1) is 23.1 Å². The molecule has 2 aromatic heterocycles. The molecule has 0 radical (unpaired) electrons. The summed E-state index contributed by atoms with van der Waals surface area (Å²) in [4.78, 5) is 26.2. The molecule has 1 aliphatic heterocycles. The molecule has 3 aromatic rings. The summed E-state index contributed by atoms with van der Waals surface area (Å²) in [7, 11) is 0. The molecule has 1 atom stereocenters. The van der Waals surface area contributed by atoms with Crippen LogP contribution in [0.4, 0.5) is 16.0 Å². The van der Waals surface area contributed by atoms with Crippen LogP contribution in [-0.2, 0) is 13.0 Å². The quantitative estimate of drug-likeness (QED) is 0.442. The van der Waals surface area contributed by atoms with Gasteiger partial charge in [0.25, 0.3) is 0 Å². The van der Waals surface area contributed by atoms with Crippen LogP contribution in [0.2, 0.25) is 0 Å². The Kier molecular flexibility index (Phi) is 8.14. The summed E-state index contributed by atoms with van der Waals surface area (Å²) < 4.78 is 15.5. The van der Waals surface area contributed by atoms with Crippen LogP contribution in [0.15, 0.2) is 42.6 Å². The van der Waals surface area contributed by atoms with Crippen LogP contribution >= 0.6 is 0 Å². The van der Waals surface area contributed by atoms with Gasteiger partial charge < -0.3 is 10.6 Å². The molecule has 1 aliphatic rings. The number of piperazine rings is 1. The molecule has 192 valence electrons. The van der Waals surface area contributed by atoms with Crippen LogP contribution in [0.5, 0.6) is 0 Å². The zero-order valence-electron chi connectivity index (χ0n) is 21.7. The normalized spacial score (nSPS) is 14.8. The number of nitrogens with zero attached hydrogens (tertiary/aromatic N) is 5. The molecule has 37 heavy (non-hydrogen) atoms. The lowest BCUT2D eigenvalue weighted by Gasteiger charge is -2.35. The summed E-state index contributed by atoms with van der Waals surface area (Å²) in [6.07, 6.45) is 2.74. The highest BCUT2D eigenvalue weighted by Gasteiger charge is 2.23. The van der Waals surface area contributed by atoms with Crippen molar-refractivity contribution in [2.75, 3.05) is 36.8 Å². The number of carbonyl (C=O) groups excluding carboxylic acids is 1. The standard InChI is InChI=1S/C29H33FN6O/c1-4-19(3)28(37)23-8-9-24(27(30)22(23)5-2)25-10-7-21(29(32)34-25)18-35-12-14-36(15-13-35)26-11-6-20(16-31)17-33-26/h6-11,17,19H,4-5,12-15,18H2,1-3H3,(H2,32,34). The van der Waals surface area contributed by atoms with Gasteiger partial charge in [0, 0.05) is 61.5 Å². The zero-order chi connectivity index (χ0) is 26.5. The number of anilines is 2. The van der Waals surface area contributed by atoms with E-state index in [1.165, 1.54) is 0 Å². The first-order valence-electron chi connectivity index (χ1n) is 12.8. The minimum atomic E-state index is -0.399. The summed E-state index contributed by atoms with van der Waals surface area (Å²) in [5, 5.41) is 8.96. The number of nitrogens with two attached hydrogens (primary N) is 1. The van der Waals surface area contributed by atoms with E-state index in [9.17, 15) is 4.79 Å². The number of aromatic nitrogens is 2. The molecule has 1 unspecified atom stereocenters. The van der Waals surface area contributed by atoms with Crippen molar-refractivity contribution in [1.29, 1.82) is 5.26 Å². The topological polar surface area (TPSA) is 99.1 Å². The van der Waals surface area contributed by atoms with Gasteiger partial charge in [-0.15, -0.1) is 0 Å². The number of ketones is 1. The Morgan fingerprint density at radius 1 is 1.14 bits per heavy atom. The third-order valence-electron chi connectivity index (χ3n) is 7.18. The van der Waals surface area contributed by atoms with Gasteiger partial charge in [0.1, 0.15) is 23.5 Å². The first kappa shape index (κ1) is 26.2. The summed E-state index contributed by atoms with van der Waals surface area (Å²) in [5.74, 6) is 0.679. The second-order valence-electron chi connectivity index (χ2n) is 9.50. The molecule has 4 rings (SSSR count). The maximum atomic E-state index is 15.5. The van der Waals surface area contributed by atoms with E-state index in [-0.39, 0.29) is 11.7 Å². The van der Waals surface area contributed by atoms with E-state index in [1.807, 2.05) is 32.9 Å². The van der Waals surface area contributed by atoms with Gasteiger partial charge in [-0.3, -0.25) is 9.69 Å². The van der Waals surface area contributed by atoms with Gasteiger partial charge >= 0.3 is 0 Å². The second-order valence-corrected chi connectivity index (χ2v) is 9.50. The lowest BCUT2D eigenvalue weighted by molar-refractivity contribution is 0.0926. The Labute approximate surface area is 217 Å². The number of pyridine rings is 2. The van der Waals surface area contributed by atoms with Gasteiger partial charge in [-0.2, -0.15) is 5.26 Å². The van der Waals surface area contributed by atoms with Crippen LogP contribution in [-0.4, -0.2) is 46.8 Å². The molecule has 1 saturated heterocycles. The number of nitrogen functional groups attached to an aromatic ring is 1. The third kappa shape index (κ3) is 5.62. The molecule has 0 spiro atoms. The summed E-state index contributed by atoms with van der Waals surface area (Å²) in [6.45, 7) is 9.65. The fourth-order valence-corrected chi connectivity index (χ4v) is 4.65. The summed E-state index contributed by atoms with van der Waals surface area (Å²) in [6, 6.07) is 12.8. The molecule has 0 amide bonds. The first-order valence-corrected chi connectivity index (χ1v) is 12.8. The molecular weight excluding hydrogens is 467 g/mol. The van der Waals surface area contributed by atoms with Crippen molar-refractivity contribution in [2.24, 2.45) is 5.92 Å². The van der Waals surface area contributed by atoms with Crippen molar-refractivity contribution in [3.8, 4) is 17.3 Å². The van der Waals surface area contributed by atoms with E-state index >= 15 is 4.39 Å². The average Bonchev–Trinajstić information content (AvgIpc) is 2.93. The smallest absolute Gasteiger partial charge is 0.166 e. The number of hydrogen-bond donors (Lipinski definition) is 1. The molecule has 2 N–H and O–H groups in total. The molecule has 8 heteroatoms. The van der Waals surface area contributed by atoms with Gasteiger partial charge in [0.05, 0.1) is 11.3 Å². The Morgan fingerprint density at radius 2 is 1.89 bits per heavy atom. The number of benzene rings is 1. The molecule has 3 heterocycles. The van der Waals surface area contributed by atoms with E-state index < -0.39 is 5.82 Å². The highest BCUT2D eigenvalue weighted by atomic mass is 19.1. The zero-order valence-corrected chi connectivity index (χ0v) is 21.7. The van der Waals surface area contributed by atoms with Crippen LogP contribution < -0.4 is 10.6 Å². The molecule has 0 bridgehead atoms. The third-order valence-corrected chi connectivity index (χ3v) is 7.18. The number of halogens is 1. The van der Waals surface area contributed by atoms with Crippen molar-refractivity contribution in [2.45, 2.75) is 40.2 Å². The Bertz CT molecular complexity index is 1310.